The SMILES string of the molecule is CNc1cc(C(=O)NCC2CCCC2C)ccn1. The van der Waals surface area contributed by atoms with Crippen molar-refractivity contribution in [2.24, 2.45) is 11.8 Å². The molecule has 1 aromatic heterocycles. The van der Waals surface area contributed by atoms with Gasteiger partial charge in [0.05, 0.1) is 0 Å². The van der Waals surface area contributed by atoms with Crippen molar-refractivity contribution in [3.05, 3.63) is 23.9 Å². The predicted octanol–water partition coefficient (Wildman–Crippen LogP) is 2.29. The third-order valence-electron chi connectivity index (χ3n) is 3.84. The van der Waals surface area contributed by atoms with Crippen molar-refractivity contribution in [1.82, 2.24) is 10.3 Å². The van der Waals surface area contributed by atoms with E-state index in [1.165, 1.54) is 19.3 Å². The number of nitrogens with one attached hydrogen (secondary N) is 2. The van der Waals surface area contributed by atoms with Crippen LogP contribution in [0, 0.1) is 11.8 Å². The van der Waals surface area contributed by atoms with Crippen molar-refractivity contribution in [3.63, 3.8) is 0 Å². The molecule has 0 saturated heterocycles. The summed E-state index contributed by atoms with van der Waals surface area (Å²) in [5.41, 5.74) is 0.667. The lowest BCUT2D eigenvalue weighted by Crippen LogP contribution is -2.30. The zero-order valence-electron chi connectivity index (χ0n) is 11.1. The van der Waals surface area contributed by atoms with Crippen molar-refractivity contribution >= 4 is 11.7 Å². The Hall–Kier alpha value is -1.58. The fourth-order valence-corrected chi connectivity index (χ4v) is 2.56. The first-order valence-corrected chi connectivity index (χ1v) is 6.62. The molecule has 1 saturated carbocycles. The molecule has 1 aliphatic carbocycles. The van der Waals surface area contributed by atoms with Gasteiger partial charge in [-0.05, 0) is 30.4 Å². The molecule has 4 heteroatoms. The Balaban J connectivity index is 1.90. The van der Waals surface area contributed by atoms with Crippen LogP contribution in [-0.2, 0) is 0 Å². The van der Waals surface area contributed by atoms with Crippen LogP contribution in [0.3, 0.4) is 0 Å². The van der Waals surface area contributed by atoms with E-state index in [-0.39, 0.29) is 5.91 Å². The monoisotopic (exact) mass is 247 g/mol. The average molecular weight is 247 g/mol. The standard InChI is InChI=1S/C14H21N3O/c1-10-4-3-5-12(10)9-17-14(18)11-6-7-16-13(8-11)15-2/h6-8,10,12H,3-5,9H2,1-2H3,(H,15,16)(H,17,18). The summed E-state index contributed by atoms with van der Waals surface area (Å²) in [6.07, 6.45) is 5.47. The van der Waals surface area contributed by atoms with E-state index in [2.05, 4.69) is 22.5 Å². The number of carbonyl (C=O) groups is 1. The van der Waals surface area contributed by atoms with Crippen molar-refractivity contribution in [3.8, 4) is 0 Å². The summed E-state index contributed by atoms with van der Waals surface area (Å²) in [4.78, 5) is 16.1. The Morgan fingerprint density at radius 2 is 2.33 bits per heavy atom. The molecule has 2 unspecified atom stereocenters. The fourth-order valence-electron chi connectivity index (χ4n) is 2.56. The molecule has 2 rings (SSSR count). The lowest BCUT2D eigenvalue weighted by Gasteiger charge is -2.16. The molecule has 1 amide bonds. The number of anilines is 1. The molecular formula is C14H21N3O. The van der Waals surface area contributed by atoms with Gasteiger partial charge >= 0.3 is 0 Å². The maximum Gasteiger partial charge on any atom is 0.251 e. The number of nitrogens with zero attached hydrogens (tertiary/aromatic N) is 1. The molecular weight excluding hydrogens is 226 g/mol. The molecule has 2 atom stereocenters. The lowest BCUT2D eigenvalue weighted by molar-refractivity contribution is 0.0944. The smallest absolute Gasteiger partial charge is 0.251 e. The first-order valence-electron chi connectivity index (χ1n) is 6.62. The van der Waals surface area contributed by atoms with Gasteiger partial charge in [-0.3, -0.25) is 4.79 Å². The van der Waals surface area contributed by atoms with E-state index in [1.54, 1.807) is 25.4 Å². The Kier molecular flexibility index (Phi) is 4.18. The van der Waals surface area contributed by atoms with Crippen LogP contribution in [-0.4, -0.2) is 24.5 Å². The van der Waals surface area contributed by atoms with Crippen molar-refractivity contribution in [2.75, 3.05) is 18.9 Å². The third kappa shape index (κ3) is 3.00. The zero-order valence-corrected chi connectivity index (χ0v) is 11.1. The molecule has 2 N–H and O–H groups in total. The second-order valence-corrected chi connectivity index (χ2v) is 5.06. The van der Waals surface area contributed by atoms with Gasteiger partial charge in [0, 0.05) is 25.4 Å². The molecule has 0 bridgehead atoms. The van der Waals surface area contributed by atoms with Crippen molar-refractivity contribution < 1.29 is 4.79 Å². The first kappa shape index (κ1) is 12.9. The number of aromatic nitrogens is 1. The molecule has 98 valence electrons. The first-order chi connectivity index (χ1) is 8.70. The van der Waals surface area contributed by atoms with E-state index < -0.39 is 0 Å². The fraction of sp³-hybridized carbons (Fsp3) is 0.571. The Morgan fingerprint density at radius 3 is 3.00 bits per heavy atom. The highest BCUT2D eigenvalue weighted by atomic mass is 16.1. The molecule has 1 heterocycles. The molecule has 0 spiro atoms. The van der Waals surface area contributed by atoms with Crippen LogP contribution < -0.4 is 10.6 Å². The van der Waals surface area contributed by atoms with Crippen LogP contribution in [0.15, 0.2) is 18.3 Å². The summed E-state index contributed by atoms with van der Waals surface area (Å²) in [6, 6.07) is 3.52. The molecule has 4 nitrogen and oxygen atoms in total. The predicted molar refractivity (Wildman–Crippen MR) is 72.6 cm³/mol. The molecule has 0 radical (unpaired) electrons. The second kappa shape index (κ2) is 5.85. The minimum Gasteiger partial charge on any atom is -0.373 e. The normalized spacial score (nSPS) is 22.8. The van der Waals surface area contributed by atoms with Crippen molar-refractivity contribution in [2.45, 2.75) is 26.2 Å². The van der Waals surface area contributed by atoms with Gasteiger partial charge in [-0.1, -0.05) is 19.8 Å². The number of carbonyl (C=O) groups excluding carboxylic acids is 1. The summed E-state index contributed by atoms with van der Waals surface area (Å²) < 4.78 is 0. The highest BCUT2D eigenvalue weighted by Gasteiger charge is 2.23. The van der Waals surface area contributed by atoms with Gasteiger partial charge in [-0.15, -0.1) is 0 Å². The molecule has 0 aliphatic heterocycles. The molecule has 1 fully saturated rings. The van der Waals surface area contributed by atoms with Gasteiger partial charge in [-0.2, -0.15) is 0 Å². The Bertz CT molecular complexity index is 419. The molecule has 1 aliphatic rings. The summed E-state index contributed by atoms with van der Waals surface area (Å²) in [5.74, 6) is 2.08. The minimum atomic E-state index is -0.00648. The number of hydrogen-bond donors (Lipinski definition) is 2. The topological polar surface area (TPSA) is 54.0 Å². The van der Waals surface area contributed by atoms with E-state index in [4.69, 9.17) is 0 Å². The van der Waals surface area contributed by atoms with E-state index >= 15 is 0 Å². The zero-order chi connectivity index (χ0) is 13.0. The lowest BCUT2D eigenvalue weighted by atomic mass is 9.98. The van der Waals surface area contributed by atoms with E-state index in [0.717, 1.165) is 18.3 Å². The van der Waals surface area contributed by atoms with Crippen LogP contribution in [0.25, 0.3) is 0 Å². The van der Waals surface area contributed by atoms with Gasteiger partial charge in [0.15, 0.2) is 0 Å². The quantitative estimate of drug-likeness (QED) is 0.858. The Labute approximate surface area is 108 Å². The second-order valence-electron chi connectivity index (χ2n) is 5.06. The van der Waals surface area contributed by atoms with Crippen LogP contribution >= 0.6 is 0 Å². The summed E-state index contributed by atoms with van der Waals surface area (Å²) >= 11 is 0. The van der Waals surface area contributed by atoms with Gasteiger partial charge in [0.1, 0.15) is 5.82 Å². The van der Waals surface area contributed by atoms with Crippen LogP contribution in [0.1, 0.15) is 36.5 Å². The minimum absolute atomic E-state index is 0.00648. The average Bonchev–Trinajstić information content (AvgIpc) is 2.81. The molecule has 0 aromatic carbocycles. The molecule has 18 heavy (non-hydrogen) atoms. The van der Waals surface area contributed by atoms with E-state index in [9.17, 15) is 4.79 Å². The van der Waals surface area contributed by atoms with Gasteiger partial charge in [0.25, 0.3) is 5.91 Å². The van der Waals surface area contributed by atoms with Gasteiger partial charge in [-0.25, -0.2) is 4.98 Å². The van der Waals surface area contributed by atoms with Crippen LogP contribution in [0.4, 0.5) is 5.82 Å². The largest absolute Gasteiger partial charge is 0.373 e. The maximum atomic E-state index is 12.0. The third-order valence-corrected chi connectivity index (χ3v) is 3.84. The Morgan fingerprint density at radius 1 is 1.50 bits per heavy atom. The highest BCUT2D eigenvalue weighted by molar-refractivity contribution is 5.94. The van der Waals surface area contributed by atoms with Crippen LogP contribution in [0.2, 0.25) is 0 Å². The van der Waals surface area contributed by atoms with E-state index in [1.807, 2.05) is 0 Å². The summed E-state index contributed by atoms with van der Waals surface area (Å²) in [6.45, 7) is 3.06. The highest BCUT2D eigenvalue weighted by Crippen LogP contribution is 2.30. The number of rotatable bonds is 4. The van der Waals surface area contributed by atoms with Gasteiger partial charge < -0.3 is 10.6 Å². The van der Waals surface area contributed by atoms with E-state index in [0.29, 0.717) is 11.5 Å². The number of hydrogen-bond acceptors (Lipinski definition) is 3. The summed E-state index contributed by atoms with van der Waals surface area (Å²) in [7, 11) is 1.80. The van der Waals surface area contributed by atoms with Gasteiger partial charge in [0.2, 0.25) is 0 Å². The number of pyridine rings is 1. The van der Waals surface area contributed by atoms with Crippen LogP contribution in [0.5, 0.6) is 0 Å². The number of amides is 1. The van der Waals surface area contributed by atoms with Crippen molar-refractivity contribution in [1.29, 1.82) is 0 Å². The summed E-state index contributed by atoms with van der Waals surface area (Å²) in [5, 5.41) is 5.96. The molecule has 1 aromatic rings. The maximum absolute atomic E-state index is 12.0.